The zero-order valence-corrected chi connectivity index (χ0v) is 10.8. The first-order chi connectivity index (χ1) is 7.00. The Kier molecular flexibility index (Phi) is 4.97. The molecule has 0 saturated heterocycles. The Hall–Kier alpha value is -0.180. The zero-order chi connectivity index (χ0) is 11.4. The van der Waals surface area contributed by atoms with Gasteiger partial charge < -0.3 is 0 Å². The van der Waals surface area contributed by atoms with Crippen LogP contribution in [-0.4, -0.2) is 21.0 Å². The van der Waals surface area contributed by atoms with Crippen molar-refractivity contribution >= 4 is 16.6 Å². The number of carbonyl (C=O) groups excluding carboxylic acids is 1. The van der Waals surface area contributed by atoms with Gasteiger partial charge in [-0.1, -0.05) is 33.6 Å². The van der Waals surface area contributed by atoms with Gasteiger partial charge >= 0.3 is 0 Å². The predicted molar refractivity (Wildman–Crippen MR) is 64.3 cm³/mol. The number of rotatable bonds is 4. The molecular formula is C12H22O2S. The molecule has 0 spiro atoms. The molecule has 88 valence electrons. The summed E-state index contributed by atoms with van der Waals surface area (Å²) in [6.45, 7) is 5.97. The monoisotopic (exact) mass is 230 g/mol. The van der Waals surface area contributed by atoms with Crippen molar-refractivity contribution in [1.82, 2.24) is 0 Å². The summed E-state index contributed by atoms with van der Waals surface area (Å²) < 4.78 is 11.9. The summed E-state index contributed by atoms with van der Waals surface area (Å²) in [5, 5.41) is 0.274. The molecule has 0 aromatic rings. The third kappa shape index (κ3) is 4.06. The SMILES string of the molecule is CC1CCCC(S(=O)CC(=O)C(C)C)C1. The second-order valence-electron chi connectivity index (χ2n) is 5.04. The smallest absolute Gasteiger partial charge is 0.147 e. The van der Waals surface area contributed by atoms with Gasteiger partial charge in [0.1, 0.15) is 5.78 Å². The molecule has 0 radical (unpaired) electrons. The fourth-order valence-corrected chi connectivity index (χ4v) is 3.86. The molecule has 1 saturated carbocycles. The minimum Gasteiger partial charge on any atom is -0.298 e. The Balaban J connectivity index is 2.42. The Bertz CT molecular complexity index is 248. The standard InChI is InChI=1S/C12H22O2S/c1-9(2)12(13)8-15(14)11-6-4-5-10(3)7-11/h9-11H,4-8H2,1-3H3. The van der Waals surface area contributed by atoms with Crippen molar-refractivity contribution in [3.8, 4) is 0 Å². The van der Waals surface area contributed by atoms with Gasteiger partial charge in [0.25, 0.3) is 0 Å². The number of hydrogen-bond acceptors (Lipinski definition) is 2. The quantitative estimate of drug-likeness (QED) is 0.743. The minimum absolute atomic E-state index is 0.0231. The summed E-state index contributed by atoms with van der Waals surface area (Å²) in [6, 6.07) is 0. The van der Waals surface area contributed by atoms with Crippen molar-refractivity contribution < 1.29 is 9.00 Å². The summed E-state index contributed by atoms with van der Waals surface area (Å²) in [7, 11) is -0.927. The molecular weight excluding hydrogens is 208 g/mol. The molecule has 3 heteroatoms. The van der Waals surface area contributed by atoms with Crippen molar-refractivity contribution in [2.75, 3.05) is 5.75 Å². The molecule has 2 nitrogen and oxygen atoms in total. The number of ketones is 1. The molecule has 0 aromatic carbocycles. The van der Waals surface area contributed by atoms with E-state index in [1.54, 1.807) is 0 Å². The maximum Gasteiger partial charge on any atom is 0.147 e. The summed E-state index contributed by atoms with van der Waals surface area (Å²) >= 11 is 0. The fraction of sp³-hybridized carbons (Fsp3) is 0.917. The number of carbonyl (C=O) groups is 1. The van der Waals surface area contributed by atoms with Crippen LogP contribution in [0.3, 0.4) is 0 Å². The normalized spacial score (nSPS) is 29.1. The lowest BCUT2D eigenvalue weighted by molar-refractivity contribution is -0.119. The van der Waals surface area contributed by atoms with Crippen molar-refractivity contribution in [2.45, 2.75) is 51.7 Å². The van der Waals surface area contributed by atoms with Crippen LogP contribution in [-0.2, 0) is 15.6 Å². The van der Waals surface area contributed by atoms with Crippen molar-refractivity contribution in [3.05, 3.63) is 0 Å². The Morgan fingerprint density at radius 2 is 2.07 bits per heavy atom. The molecule has 1 aliphatic rings. The van der Waals surface area contributed by atoms with E-state index in [2.05, 4.69) is 6.92 Å². The van der Waals surface area contributed by atoms with E-state index >= 15 is 0 Å². The molecule has 0 aromatic heterocycles. The first-order valence-electron chi connectivity index (χ1n) is 5.90. The van der Waals surface area contributed by atoms with Crippen molar-refractivity contribution in [2.24, 2.45) is 11.8 Å². The Morgan fingerprint density at radius 3 is 2.60 bits per heavy atom. The summed E-state index contributed by atoms with van der Waals surface area (Å²) in [6.07, 6.45) is 4.51. The maximum absolute atomic E-state index is 11.9. The molecule has 0 heterocycles. The average molecular weight is 230 g/mol. The largest absolute Gasteiger partial charge is 0.298 e. The molecule has 15 heavy (non-hydrogen) atoms. The van der Waals surface area contributed by atoms with Gasteiger partial charge in [0.2, 0.25) is 0 Å². The Labute approximate surface area is 95.3 Å². The number of Topliss-reactive ketones (excluding diaryl/α,β-unsaturated/α-hetero) is 1. The van der Waals surface area contributed by atoms with Gasteiger partial charge in [0.05, 0.1) is 5.75 Å². The molecule has 3 atom stereocenters. The van der Waals surface area contributed by atoms with E-state index in [9.17, 15) is 9.00 Å². The van der Waals surface area contributed by atoms with E-state index in [0.29, 0.717) is 5.92 Å². The maximum atomic E-state index is 11.9. The van der Waals surface area contributed by atoms with Gasteiger partial charge in [-0.3, -0.25) is 9.00 Å². The van der Waals surface area contributed by atoms with E-state index in [4.69, 9.17) is 0 Å². The van der Waals surface area contributed by atoms with E-state index in [1.807, 2.05) is 13.8 Å². The summed E-state index contributed by atoms with van der Waals surface area (Å²) in [5.74, 6) is 1.12. The Morgan fingerprint density at radius 1 is 1.40 bits per heavy atom. The van der Waals surface area contributed by atoms with Gasteiger partial charge in [-0.15, -0.1) is 0 Å². The third-order valence-corrected chi connectivity index (χ3v) is 4.93. The van der Waals surface area contributed by atoms with Crippen molar-refractivity contribution in [1.29, 1.82) is 0 Å². The molecule has 1 aliphatic carbocycles. The van der Waals surface area contributed by atoms with Crippen LogP contribution in [0, 0.1) is 11.8 Å². The van der Waals surface area contributed by atoms with E-state index < -0.39 is 10.8 Å². The fourth-order valence-electron chi connectivity index (χ4n) is 2.04. The molecule has 3 unspecified atom stereocenters. The third-order valence-electron chi connectivity index (χ3n) is 3.19. The van der Waals surface area contributed by atoms with E-state index in [1.165, 1.54) is 12.8 Å². The van der Waals surface area contributed by atoms with Crippen LogP contribution in [0.2, 0.25) is 0 Å². The van der Waals surface area contributed by atoms with Gasteiger partial charge in [0.15, 0.2) is 0 Å². The highest BCUT2D eigenvalue weighted by atomic mass is 32.2. The topological polar surface area (TPSA) is 34.1 Å². The lowest BCUT2D eigenvalue weighted by atomic mass is 9.91. The van der Waals surface area contributed by atoms with Crippen LogP contribution < -0.4 is 0 Å². The lowest BCUT2D eigenvalue weighted by Crippen LogP contribution is -2.28. The second-order valence-corrected chi connectivity index (χ2v) is 6.76. The summed E-state index contributed by atoms with van der Waals surface area (Å²) in [5.41, 5.74) is 0. The van der Waals surface area contributed by atoms with Gasteiger partial charge in [0, 0.05) is 22.0 Å². The highest BCUT2D eigenvalue weighted by Gasteiger charge is 2.25. The number of hydrogen-bond donors (Lipinski definition) is 0. The van der Waals surface area contributed by atoms with Crippen LogP contribution in [0.1, 0.15) is 46.5 Å². The van der Waals surface area contributed by atoms with Crippen molar-refractivity contribution in [3.63, 3.8) is 0 Å². The van der Waals surface area contributed by atoms with Crippen LogP contribution in [0.25, 0.3) is 0 Å². The highest BCUT2D eigenvalue weighted by molar-refractivity contribution is 7.86. The first kappa shape index (κ1) is 12.9. The molecule has 0 aliphatic heterocycles. The average Bonchev–Trinajstić information content (AvgIpc) is 2.17. The summed E-state index contributed by atoms with van der Waals surface area (Å²) in [4.78, 5) is 11.5. The van der Waals surface area contributed by atoms with E-state index in [-0.39, 0.29) is 22.7 Å². The second kappa shape index (κ2) is 5.78. The van der Waals surface area contributed by atoms with E-state index in [0.717, 1.165) is 12.8 Å². The minimum atomic E-state index is -0.927. The molecule has 0 bridgehead atoms. The van der Waals surface area contributed by atoms with Gasteiger partial charge in [-0.05, 0) is 18.8 Å². The molecule has 0 N–H and O–H groups in total. The lowest BCUT2D eigenvalue weighted by Gasteiger charge is -2.25. The van der Waals surface area contributed by atoms with Gasteiger partial charge in [-0.2, -0.15) is 0 Å². The predicted octanol–water partition coefficient (Wildman–Crippen LogP) is 2.54. The zero-order valence-electron chi connectivity index (χ0n) is 9.99. The van der Waals surface area contributed by atoms with Crippen LogP contribution in [0.5, 0.6) is 0 Å². The van der Waals surface area contributed by atoms with Crippen LogP contribution in [0.4, 0.5) is 0 Å². The highest BCUT2D eigenvalue weighted by Crippen LogP contribution is 2.27. The molecule has 1 fully saturated rings. The van der Waals surface area contributed by atoms with Gasteiger partial charge in [-0.25, -0.2) is 0 Å². The van der Waals surface area contributed by atoms with Crippen LogP contribution >= 0.6 is 0 Å². The molecule has 1 rings (SSSR count). The van der Waals surface area contributed by atoms with Crippen LogP contribution in [0.15, 0.2) is 0 Å². The molecule has 0 amide bonds. The first-order valence-corrected chi connectivity index (χ1v) is 7.28.